The predicted molar refractivity (Wildman–Crippen MR) is 261 cm³/mol. The summed E-state index contributed by atoms with van der Waals surface area (Å²) in [7, 11) is 0. The average molecular weight is 1020 g/mol. The van der Waals surface area contributed by atoms with E-state index in [9.17, 15) is 14.7 Å². The first-order chi connectivity index (χ1) is 33.0. The van der Waals surface area contributed by atoms with Crippen LogP contribution in [0.1, 0.15) is 36.7 Å². The molecule has 1 aliphatic rings. The van der Waals surface area contributed by atoms with Gasteiger partial charge in [-0.2, -0.15) is 0 Å². The van der Waals surface area contributed by atoms with Crippen molar-refractivity contribution in [2.24, 2.45) is 10.9 Å². The number of aromatic nitrogens is 4. The van der Waals surface area contributed by atoms with Gasteiger partial charge < -0.3 is 9.84 Å². The number of carboxylic acids is 1. The molecular formula is C54H51IN7O6-. The average Bonchev–Trinajstić information content (AvgIpc) is 3.78. The van der Waals surface area contributed by atoms with Gasteiger partial charge in [0.15, 0.2) is 0 Å². The number of aliphatic imine (C=N–C) groups is 1. The number of carbonyl (C=O) groups excluding carboxylic acids is 1. The number of hydrogen-bond acceptors (Lipinski definition) is 10. The molecular weight excluding hydrogens is 970 g/mol. The molecule has 1 amide bonds. The fourth-order valence-electron chi connectivity index (χ4n) is 7.91. The van der Waals surface area contributed by atoms with Gasteiger partial charge >= 0.3 is 278 Å². The van der Waals surface area contributed by atoms with Crippen LogP contribution in [-0.4, -0.2) is 91.2 Å². The first-order valence-corrected chi connectivity index (χ1v) is 24.5. The zero-order valence-corrected chi connectivity index (χ0v) is 40.2. The maximum atomic E-state index is 12.7. The third-order valence-corrected chi connectivity index (χ3v) is 14.4. The molecule has 1 unspecified atom stereocenters. The number of carbonyl (C=O) groups is 2. The number of H-pyrrole nitrogens is 1. The summed E-state index contributed by atoms with van der Waals surface area (Å²) >= 11 is -0.467. The molecule has 1 atom stereocenters. The summed E-state index contributed by atoms with van der Waals surface area (Å²) in [6.07, 6.45) is 12.8. The number of nitrogens with one attached hydrogen (secondary N) is 1. The van der Waals surface area contributed by atoms with Crippen LogP contribution in [-0.2, 0) is 16.0 Å². The monoisotopic (exact) mass is 1020 g/mol. The number of ether oxygens (including phenoxy) is 3. The number of piperazine rings is 1. The zero-order chi connectivity index (χ0) is 47.0. The molecule has 0 aliphatic carbocycles. The van der Waals surface area contributed by atoms with Crippen molar-refractivity contribution in [1.82, 2.24) is 23.0 Å². The van der Waals surface area contributed by atoms with Crippen molar-refractivity contribution in [3.8, 4) is 39.6 Å². The summed E-state index contributed by atoms with van der Waals surface area (Å²) in [6.45, 7) is 9.52. The second kappa shape index (κ2) is 20.9. The predicted octanol–water partition coefficient (Wildman–Crippen LogP) is 6.98. The molecule has 0 saturated carbocycles. The Bertz CT molecular complexity index is 3070. The first-order valence-electron chi connectivity index (χ1n) is 22.5. The summed E-state index contributed by atoms with van der Waals surface area (Å²) < 4.78 is 22.1. The molecule has 8 aromatic rings. The minimum Gasteiger partial charge on any atom is -0.481 e. The summed E-state index contributed by atoms with van der Waals surface area (Å²) in [5, 5.41) is 12.9. The number of fused-ring (bicyclic) bond motifs is 2. The number of aromatic amines is 1. The fourth-order valence-corrected chi connectivity index (χ4v) is 10.4. The van der Waals surface area contributed by atoms with E-state index in [1.54, 1.807) is 18.3 Å². The number of anilines is 1. The van der Waals surface area contributed by atoms with Gasteiger partial charge in [-0.3, -0.25) is 9.78 Å². The van der Waals surface area contributed by atoms with Gasteiger partial charge in [0.2, 0.25) is 0 Å². The van der Waals surface area contributed by atoms with Crippen molar-refractivity contribution < 1.29 is 50.4 Å². The first kappa shape index (κ1) is 46.1. The molecule has 5 heterocycles. The van der Waals surface area contributed by atoms with Gasteiger partial charge in [-0.15, -0.1) is 0 Å². The van der Waals surface area contributed by atoms with Crippen LogP contribution in [0.5, 0.6) is 17.4 Å². The standard InChI is InChI=1S/C54H51IN7O6/c1-54(2,3)67-35-40(53(64)65)31-60-52(63)39-14-17-51(59-30-39)68-43-8-5-7-41(28-43)55-62-25-23-61(24-26-62)42-15-16-45(47-34-58-49-19-22-57-33-48(47)49)50(29-42)66-27-20-36-10-12-38(13-11-36)44-9-4-6-37-18-21-56-32-46(37)44/h4-19,21-22,28-34,40,58H,20,23-27,35H2,1-3H3,(H,64,65)/q-1. The van der Waals surface area contributed by atoms with E-state index in [0.29, 0.717) is 18.2 Å². The number of halogens is 1. The number of rotatable bonds is 16. The summed E-state index contributed by atoms with van der Waals surface area (Å²) in [4.78, 5) is 47.2. The number of hydrogen-bond donors (Lipinski definition) is 2. The van der Waals surface area contributed by atoms with Crippen LogP contribution >= 0.6 is 0 Å². The molecule has 1 fully saturated rings. The minimum absolute atomic E-state index is 0.0964. The molecule has 0 bridgehead atoms. The van der Waals surface area contributed by atoms with Crippen molar-refractivity contribution in [3.05, 3.63) is 161 Å². The van der Waals surface area contributed by atoms with Gasteiger partial charge in [-0.05, 0) is 43.4 Å². The van der Waals surface area contributed by atoms with Gasteiger partial charge in [0.25, 0.3) is 0 Å². The Morgan fingerprint density at radius 1 is 0.838 bits per heavy atom. The molecule has 2 N–H and O–H groups in total. The van der Waals surface area contributed by atoms with Gasteiger partial charge in [0.1, 0.15) is 0 Å². The van der Waals surface area contributed by atoms with Gasteiger partial charge in [0.05, 0.1) is 12.2 Å². The number of nitrogens with zero attached hydrogens (tertiary/aromatic N) is 6. The Labute approximate surface area is 405 Å². The van der Waals surface area contributed by atoms with Crippen LogP contribution in [0.15, 0.2) is 151 Å². The van der Waals surface area contributed by atoms with E-state index in [-0.39, 0.29) is 12.2 Å². The van der Waals surface area contributed by atoms with Gasteiger partial charge in [-0.25, -0.2) is 0 Å². The van der Waals surface area contributed by atoms with Crippen LogP contribution in [0.4, 0.5) is 5.69 Å². The fraction of sp³-hybridized carbons (Fsp3) is 0.222. The molecule has 0 spiro atoms. The number of benzene rings is 4. The second-order valence-electron chi connectivity index (χ2n) is 17.4. The Kier molecular flexibility index (Phi) is 14.2. The zero-order valence-electron chi connectivity index (χ0n) is 38.0. The largest absolute Gasteiger partial charge is 0.481 e. The molecule has 68 heavy (non-hydrogen) atoms. The molecule has 4 aromatic heterocycles. The van der Waals surface area contributed by atoms with Crippen LogP contribution in [0.3, 0.4) is 0 Å². The molecule has 14 heteroatoms. The molecule has 346 valence electrons. The summed E-state index contributed by atoms with van der Waals surface area (Å²) in [5.41, 5.74) is 7.48. The second-order valence-corrected chi connectivity index (χ2v) is 20.5. The molecule has 13 nitrogen and oxygen atoms in total. The minimum atomic E-state index is -1.12. The Morgan fingerprint density at radius 3 is 2.41 bits per heavy atom. The van der Waals surface area contributed by atoms with E-state index in [2.05, 4.69) is 106 Å². The SMILES string of the molecule is CC(C)(C)OCC(C=NC(=O)c1ccc(Oc2cccc([I-]N3CCN(c4ccc(-c5c[nH]c6ccncc56)c(OCCc5ccc(-c6cccc7ccncc67)cc5)c4)CC3)c2)nc1)C(=O)O. The number of pyridine rings is 3. The molecule has 1 aliphatic heterocycles. The molecule has 4 aromatic carbocycles. The Morgan fingerprint density at radius 2 is 1.63 bits per heavy atom. The number of carboxylic acid groups (broad SMARTS) is 1. The third kappa shape index (κ3) is 11.4. The molecule has 0 radical (unpaired) electrons. The Hall–Kier alpha value is -7.01. The van der Waals surface area contributed by atoms with Crippen LogP contribution in [0.2, 0.25) is 0 Å². The van der Waals surface area contributed by atoms with Crippen LogP contribution in [0, 0.1) is 9.49 Å². The van der Waals surface area contributed by atoms with E-state index in [1.165, 1.54) is 26.3 Å². The van der Waals surface area contributed by atoms with E-state index >= 15 is 0 Å². The Balaban J connectivity index is 0.815. The molecule has 1 saturated heterocycles. The van der Waals surface area contributed by atoms with E-state index < -0.39 is 44.9 Å². The van der Waals surface area contributed by atoms with Crippen molar-refractivity contribution in [1.29, 1.82) is 0 Å². The smallest absolute Gasteiger partial charge is 0.314 e. The third-order valence-electron chi connectivity index (χ3n) is 11.5. The van der Waals surface area contributed by atoms with E-state index in [4.69, 9.17) is 14.2 Å². The number of amides is 1. The van der Waals surface area contributed by atoms with Crippen molar-refractivity contribution in [2.45, 2.75) is 32.8 Å². The van der Waals surface area contributed by atoms with E-state index in [1.807, 2.05) is 69.8 Å². The maximum absolute atomic E-state index is 12.7. The summed E-state index contributed by atoms with van der Waals surface area (Å²) in [6, 6.07) is 36.9. The normalized spacial score (nSPS) is 13.9. The maximum Gasteiger partial charge on any atom is 0.314 e. The molecule has 9 rings (SSSR count). The summed E-state index contributed by atoms with van der Waals surface area (Å²) in [5.74, 6) is -0.948. The quantitative estimate of drug-likeness (QED) is 0.0586. The van der Waals surface area contributed by atoms with Crippen molar-refractivity contribution in [2.75, 3.05) is 44.3 Å². The van der Waals surface area contributed by atoms with Gasteiger partial charge in [-0.1, -0.05) is 30.3 Å². The topological polar surface area (TPSA) is 155 Å². The van der Waals surface area contributed by atoms with Crippen LogP contribution in [0.25, 0.3) is 43.9 Å². The van der Waals surface area contributed by atoms with Crippen molar-refractivity contribution >= 4 is 45.5 Å². The van der Waals surface area contributed by atoms with Gasteiger partial charge in [0, 0.05) is 24.0 Å². The van der Waals surface area contributed by atoms with Crippen molar-refractivity contribution in [3.63, 3.8) is 0 Å². The number of aliphatic carboxylic acids is 1. The van der Waals surface area contributed by atoms with E-state index in [0.717, 1.165) is 83.2 Å². The van der Waals surface area contributed by atoms with Crippen LogP contribution < -0.4 is 35.9 Å².